The van der Waals surface area contributed by atoms with Crippen LogP contribution in [0.5, 0.6) is 0 Å². The number of fused-ring (bicyclic) bond motifs is 1. The number of H-pyrrole nitrogens is 1. The second-order valence-corrected chi connectivity index (χ2v) is 10.9. The van der Waals surface area contributed by atoms with Gasteiger partial charge in [0.1, 0.15) is 10.7 Å². The predicted octanol–water partition coefficient (Wildman–Crippen LogP) is 5.56. The Bertz CT molecular complexity index is 1280. The molecule has 1 atom stereocenters. The van der Waals surface area contributed by atoms with E-state index < -0.39 is 0 Å². The third kappa shape index (κ3) is 5.59. The summed E-state index contributed by atoms with van der Waals surface area (Å²) in [7, 11) is 0. The molecule has 2 heterocycles. The highest BCUT2D eigenvalue weighted by Gasteiger charge is 2.18. The Labute approximate surface area is 208 Å². The standard InChI is InChI=1S/C27H29N3O2S2/c1-17-18(2)34-27-24(17)26(32)29-23(30-27)16-33-19(3)25(31)28-15-14-22(20-10-6-4-7-11-20)21-12-8-5-9-13-21/h4-13,19,22H,14-16H2,1-3H3,(H,28,31)(H,29,30,32). The molecule has 4 rings (SSSR count). The van der Waals surface area contributed by atoms with Crippen molar-refractivity contribution in [2.75, 3.05) is 6.54 Å². The van der Waals surface area contributed by atoms with Crippen molar-refractivity contribution in [3.63, 3.8) is 0 Å². The number of aromatic nitrogens is 2. The third-order valence-corrected chi connectivity index (χ3v) is 8.32. The van der Waals surface area contributed by atoms with E-state index in [0.717, 1.165) is 21.7 Å². The SMILES string of the molecule is Cc1sc2nc(CSC(C)C(=O)NCCC(c3ccccc3)c3ccccc3)[nH]c(=O)c2c1C. The molecule has 0 spiro atoms. The van der Waals surface area contributed by atoms with Crippen LogP contribution in [0.1, 0.15) is 46.7 Å². The van der Waals surface area contributed by atoms with Gasteiger partial charge in [0.2, 0.25) is 5.91 Å². The summed E-state index contributed by atoms with van der Waals surface area (Å²) >= 11 is 3.02. The number of nitrogens with zero attached hydrogens (tertiary/aromatic N) is 1. The van der Waals surface area contributed by atoms with Crippen LogP contribution in [0.3, 0.4) is 0 Å². The maximum Gasteiger partial charge on any atom is 0.259 e. The number of carbonyl (C=O) groups is 1. The molecule has 1 unspecified atom stereocenters. The summed E-state index contributed by atoms with van der Waals surface area (Å²) in [4.78, 5) is 34.6. The van der Waals surface area contributed by atoms with Crippen molar-refractivity contribution in [2.24, 2.45) is 0 Å². The van der Waals surface area contributed by atoms with Crippen LogP contribution in [0.2, 0.25) is 0 Å². The molecule has 2 aromatic carbocycles. The second-order valence-electron chi connectivity index (χ2n) is 8.38. The van der Waals surface area contributed by atoms with Gasteiger partial charge in [-0.05, 0) is 43.9 Å². The maximum absolute atomic E-state index is 12.7. The Morgan fingerprint density at radius 1 is 1.06 bits per heavy atom. The topological polar surface area (TPSA) is 74.8 Å². The molecule has 2 aromatic heterocycles. The highest BCUT2D eigenvalue weighted by molar-refractivity contribution is 7.99. The molecule has 0 saturated carbocycles. The minimum Gasteiger partial charge on any atom is -0.355 e. The van der Waals surface area contributed by atoms with Crippen molar-refractivity contribution >= 4 is 39.2 Å². The number of thiophene rings is 1. The molecule has 7 heteroatoms. The van der Waals surface area contributed by atoms with Crippen LogP contribution >= 0.6 is 23.1 Å². The number of benzene rings is 2. The molecule has 2 N–H and O–H groups in total. The van der Waals surface area contributed by atoms with Gasteiger partial charge >= 0.3 is 0 Å². The fraction of sp³-hybridized carbons (Fsp3) is 0.296. The fourth-order valence-corrected chi connectivity index (χ4v) is 5.86. The third-order valence-electron chi connectivity index (χ3n) is 6.06. The number of hydrogen-bond donors (Lipinski definition) is 2. The molecule has 0 radical (unpaired) electrons. The van der Waals surface area contributed by atoms with Crippen LogP contribution in [-0.4, -0.2) is 27.7 Å². The van der Waals surface area contributed by atoms with Gasteiger partial charge in [-0.2, -0.15) is 0 Å². The summed E-state index contributed by atoms with van der Waals surface area (Å²) in [5, 5.41) is 3.51. The zero-order valence-electron chi connectivity index (χ0n) is 19.6. The molecule has 0 fully saturated rings. The van der Waals surface area contributed by atoms with Gasteiger partial charge < -0.3 is 10.3 Å². The number of amides is 1. The van der Waals surface area contributed by atoms with E-state index in [1.165, 1.54) is 34.2 Å². The first-order valence-electron chi connectivity index (χ1n) is 11.4. The van der Waals surface area contributed by atoms with Gasteiger partial charge in [0, 0.05) is 17.3 Å². The van der Waals surface area contributed by atoms with Gasteiger partial charge in [0.05, 0.1) is 16.4 Å². The maximum atomic E-state index is 12.7. The van der Waals surface area contributed by atoms with E-state index in [9.17, 15) is 9.59 Å². The number of carbonyl (C=O) groups excluding carboxylic acids is 1. The van der Waals surface area contributed by atoms with E-state index >= 15 is 0 Å². The first-order chi connectivity index (χ1) is 16.4. The number of nitrogens with one attached hydrogen (secondary N) is 2. The largest absolute Gasteiger partial charge is 0.355 e. The number of aromatic amines is 1. The lowest BCUT2D eigenvalue weighted by Crippen LogP contribution is -2.32. The Hall–Kier alpha value is -2.90. The summed E-state index contributed by atoms with van der Waals surface area (Å²) in [5.41, 5.74) is 3.38. The van der Waals surface area contributed by atoms with Gasteiger partial charge in [0.25, 0.3) is 5.56 Å². The lowest BCUT2D eigenvalue weighted by Gasteiger charge is -2.19. The van der Waals surface area contributed by atoms with E-state index in [-0.39, 0.29) is 22.6 Å². The number of hydrogen-bond acceptors (Lipinski definition) is 5. The highest BCUT2D eigenvalue weighted by Crippen LogP contribution is 2.28. The van der Waals surface area contributed by atoms with Crippen molar-refractivity contribution < 1.29 is 4.79 Å². The summed E-state index contributed by atoms with van der Waals surface area (Å²) in [6, 6.07) is 20.8. The molecule has 0 aliphatic carbocycles. The van der Waals surface area contributed by atoms with Crippen LogP contribution in [-0.2, 0) is 10.5 Å². The Balaban J connectivity index is 1.34. The lowest BCUT2D eigenvalue weighted by atomic mass is 9.88. The van der Waals surface area contributed by atoms with Crippen LogP contribution in [0.4, 0.5) is 0 Å². The zero-order valence-corrected chi connectivity index (χ0v) is 21.3. The molecule has 0 aliphatic heterocycles. The van der Waals surface area contributed by atoms with Crippen molar-refractivity contribution in [2.45, 2.75) is 44.1 Å². The number of rotatable bonds is 9. The Kier molecular flexibility index (Phi) is 7.85. The molecule has 34 heavy (non-hydrogen) atoms. The van der Waals surface area contributed by atoms with Gasteiger partial charge in [-0.1, -0.05) is 60.7 Å². The number of aryl methyl sites for hydroxylation is 2. The van der Waals surface area contributed by atoms with E-state index in [0.29, 0.717) is 23.5 Å². The zero-order chi connectivity index (χ0) is 24.1. The minimum atomic E-state index is -0.250. The molecular weight excluding hydrogens is 462 g/mol. The van der Waals surface area contributed by atoms with Gasteiger partial charge in [0.15, 0.2) is 0 Å². The molecule has 0 bridgehead atoms. The summed E-state index contributed by atoms with van der Waals surface area (Å²) < 4.78 is 0. The first kappa shape index (κ1) is 24.2. The smallest absolute Gasteiger partial charge is 0.259 e. The monoisotopic (exact) mass is 491 g/mol. The highest BCUT2D eigenvalue weighted by atomic mass is 32.2. The van der Waals surface area contributed by atoms with E-state index in [2.05, 4.69) is 63.8 Å². The molecule has 4 aromatic rings. The lowest BCUT2D eigenvalue weighted by molar-refractivity contribution is -0.120. The summed E-state index contributed by atoms with van der Waals surface area (Å²) in [5.74, 6) is 1.31. The van der Waals surface area contributed by atoms with Crippen LogP contribution in [0.15, 0.2) is 65.5 Å². The van der Waals surface area contributed by atoms with Gasteiger partial charge in [-0.25, -0.2) is 4.98 Å². The Morgan fingerprint density at radius 3 is 2.29 bits per heavy atom. The molecule has 0 saturated heterocycles. The quantitative estimate of drug-likeness (QED) is 0.321. The van der Waals surface area contributed by atoms with E-state index in [1.54, 1.807) is 0 Å². The van der Waals surface area contributed by atoms with E-state index in [1.807, 2.05) is 32.9 Å². The van der Waals surface area contributed by atoms with Crippen molar-refractivity contribution in [3.05, 3.63) is 98.4 Å². The average Bonchev–Trinajstić information content (AvgIpc) is 3.14. The minimum absolute atomic E-state index is 0.00360. The van der Waals surface area contributed by atoms with E-state index in [4.69, 9.17) is 0 Å². The average molecular weight is 492 g/mol. The second kappa shape index (κ2) is 11.0. The van der Waals surface area contributed by atoms with Crippen molar-refractivity contribution in [1.82, 2.24) is 15.3 Å². The summed E-state index contributed by atoms with van der Waals surface area (Å²) in [6.07, 6.45) is 0.819. The van der Waals surface area contributed by atoms with Crippen molar-refractivity contribution in [3.8, 4) is 0 Å². The molecule has 1 amide bonds. The normalized spacial score (nSPS) is 12.2. The summed E-state index contributed by atoms with van der Waals surface area (Å²) in [6.45, 7) is 6.43. The van der Waals surface area contributed by atoms with Crippen LogP contribution in [0, 0.1) is 13.8 Å². The molecular formula is C27H29N3O2S2. The first-order valence-corrected chi connectivity index (χ1v) is 13.3. The fourth-order valence-electron chi connectivity index (χ4n) is 4.03. The van der Waals surface area contributed by atoms with Crippen LogP contribution in [0.25, 0.3) is 10.2 Å². The number of thioether (sulfide) groups is 1. The van der Waals surface area contributed by atoms with Gasteiger partial charge in [-0.15, -0.1) is 23.1 Å². The molecule has 0 aliphatic rings. The van der Waals surface area contributed by atoms with Gasteiger partial charge in [-0.3, -0.25) is 9.59 Å². The predicted molar refractivity (Wildman–Crippen MR) is 143 cm³/mol. The van der Waals surface area contributed by atoms with Crippen LogP contribution < -0.4 is 10.9 Å². The molecule has 176 valence electrons. The molecule has 5 nitrogen and oxygen atoms in total. The van der Waals surface area contributed by atoms with Crippen molar-refractivity contribution in [1.29, 1.82) is 0 Å². The Morgan fingerprint density at radius 2 is 1.68 bits per heavy atom.